The van der Waals surface area contributed by atoms with Gasteiger partial charge < -0.3 is 4.74 Å². The van der Waals surface area contributed by atoms with E-state index >= 15 is 0 Å². The molecule has 1 aliphatic rings. The molecule has 0 amide bonds. The number of hydrogen-bond donors (Lipinski definition) is 0. The number of benzene rings is 1. The third-order valence-corrected chi connectivity index (χ3v) is 4.40. The fraction of sp³-hybridized carbons (Fsp3) is 0.350. The van der Waals surface area contributed by atoms with E-state index in [4.69, 9.17) is 10.00 Å². The molecule has 1 aliphatic heterocycles. The Hall–Kier alpha value is -2.71. The summed E-state index contributed by atoms with van der Waals surface area (Å²) in [5.41, 5.74) is 1.98. The summed E-state index contributed by atoms with van der Waals surface area (Å²) < 4.78 is 5.43. The van der Waals surface area contributed by atoms with Crippen LogP contribution in [-0.4, -0.2) is 35.5 Å². The monoisotopic (exact) mass is 335 g/mol. The number of ether oxygens (including phenoxy) is 1. The Bertz CT molecular complexity index is 738. The number of rotatable bonds is 5. The molecule has 1 aromatic carbocycles. The second-order valence-corrected chi connectivity index (χ2v) is 6.37. The van der Waals surface area contributed by atoms with Gasteiger partial charge in [-0.05, 0) is 37.1 Å². The number of esters is 1. The van der Waals surface area contributed by atoms with Gasteiger partial charge in [-0.1, -0.05) is 30.3 Å². The lowest BCUT2D eigenvalue weighted by Gasteiger charge is -2.32. The van der Waals surface area contributed by atoms with E-state index in [1.807, 2.05) is 12.1 Å². The molecule has 0 radical (unpaired) electrons. The highest BCUT2D eigenvalue weighted by Crippen LogP contribution is 2.19. The Labute approximate surface area is 147 Å². The minimum atomic E-state index is -0.426. The highest BCUT2D eigenvalue weighted by Gasteiger charge is 2.22. The van der Waals surface area contributed by atoms with Crippen LogP contribution in [0.1, 0.15) is 34.5 Å². The smallest absolute Gasteiger partial charge is 0.356 e. The van der Waals surface area contributed by atoms with Gasteiger partial charge in [0.1, 0.15) is 11.8 Å². The highest BCUT2D eigenvalue weighted by molar-refractivity contribution is 5.87. The fourth-order valence-electron chi connectivity index (χ4n) is 3.12. The van der Waals surface area contributed by atoms with E-state index < -0.39 is 5.97 Å². The van der Waals surface area contributed by atoms with E-state index in [0.717, 1.165) is 32.5 Å². The van der Waals surface area contributed by atoms with Crippen LogP contribution >= 0.6 is 0 Å². The number of carbonyl (C=O) groups excluding carboxylic acids is 1. The predicted molar refractivity (Wildman–Crippen MR) is 93.7 cm³/mol. The SMILES string of the molecule is N#Cc1ccc(C(=O)OCC2CCCN(Cc3ccccc3)C2)nc1. The number of piperidine rings is 1. The molecule has 2 aromatic rings. The zero-order valence-corrected chi connectivity index (χ0v) is 14.1. The normalized spacial score (nSPS) is 17.6. The molecule has 0 saturated carbocycles. The van der Waals surface area contributed by atoms with Crippen LogP contribution in [0, 0.1) is 17.2 Å². The molecule has 3 rings (SSSR count). The van der Waals surface area contributed by atoms with Gasteiger partial charge in [-0.25, -0.2) is 9.78 Å². The first-order chi connectivity index (χ1) is 12.2. The maximum absolute atomic E-state index is 12.1. The van der Waals surface area contributed by atoms with E-state index in [1.54, 1.807) is 6.07 Å². The zero-order valence-electron chi connectivity index (χ0n) is 14.1. The standard InChI is InChI=1S/C20H21N3O2/c21-11-17-8-9-19(22-12-17)20(24)25-15-18-7-4-10-23(14-18)13-16-5-2-1-3-6-16/h1-3,5-6,8-9,12,18H,4,7,10,13-15H2. The first-order valence-electron chi connectivity index (χ1n) is 8.54. The predicted octanol–water partition coefficient (Wildman–Crippen LogP) is 3.02. The van der Waals surface area contributed by atoms with E-state index in [2.05, 4.69) is 34.1 Å². The molecule has 1 aromatic heterocycles. The largest absolute Gasteiger partial charge is 0.461 e. The topological polar surface area (TPSA) is 66.2 Å². The Kier molecular flexibility index (Phi) is 5.76. The van der Waals surface area contributed by atoms with E-state index in [0.29, 0.717) is 18.1 Å². The minimum absolute atomic E-state index is 0.246. The van der Waals surface area contributed by atoms with Crippen molar-refractivity contribution in [3.63, 3.8) is 0 Å². The van der Waals surface area contributed by atoms with Crippen molar-refractivity contribution < 1.29 is 9.53 Å². The van der Waals surface area contributed by atoms with Crippen LogP contribution in [0.4, 0.5) is 0 Å². The number of hydrogen-bond acceptors (Lipinski definition) is 5. The molecule has 0 bridgehead atoms. The van der Waals surface area contributed by atoms with Gasteiger partial charge in [0.2, 0.25) is 0 Å². The Morgan fingerprint density at radius 2 is 2.12 bits per heavy atom. The van der Waals surface area contributed by atoms with Gasteiger partial charge in [0.25, 0.3) is 0 Å². The van der Waals surface area contributed by atoms with Gasteiger partial charge >= 0.3 is 5.97 Å². The average molecular weight is 335 g/mol. The fourth-order valence-corrected chi connectivity index (χ4v) is 3.12. The summed E-state index contributed by atoms with van der Waals surface area (Å²) >= 11 is 0. The molecule has 5 heteroatoms. The number of pyridine rings is 1. The van der Waals surface area contributed by atoms with Crippen molar-refractivity contribution in [2.45, 2.75) is 19.4 Å². The second kappa shape index (κ2) is 8.41. The number of nitriles is 1. The average Bonchev–Trinajstić information content (AvgIpc) is 2.67. The molecule has 0 N–H and O–H groups in total. The maximum Gasteiger partial charge on any atom is 0.356 e. The molecule has 1 fully saturated rings. The molecule has 1 unspecified atom stereocenters. The maximum atomic E-state index is 12.1. The van der Waals surface area contributed by atoms with Crippen molar-refractivity contribution in [1.29, 1.82) is 5.26 Å². The molecular formula is C20H21N3O2. The van der Waals surface area contributed by atoms with Gasteiger partial charge in [0, 0.05) is 25.2 Å². The summed E-state index contributed by atoms with van der Waals surface area (Å²) in [5, 5.41) is 8.76. The van der Waals surface area contributed by atoms with Gasteiger partial charge in [-0.2, -0.15) is 5.26 Å². The molecule has 1 atom stereocenters. The lowest BCUT2D eigenvalue weighted by atomic mass is 9.98. The second-order valence-electron chi connectivity index (χ2n) is 6.37. The van der Waals surface area contributed by atoms with Crippen LogP contribution in [0.25, 0.3) is 0 Å². The van der Waals surface area contributed by atoms with E-state index in [-0.39, 0.29) is 5.69 Å². The summed E-state index contributed by atoms with van der Waals surface area (Å²) in [4.78, 5) is 18.5. The first kappa shape index (κ1) is 17.1. The highest BCUT2D eigenvalue weighted by atomic mass is 16.5. The molecule has 0 aliphatic carbocycles. The Morgan fingerprint density at radius 3 is 2.84 bits per heavy atom. The van der Waals surface area contributed by atoms with Gasteiger partial charge in [-0.15, -0.1) is 0 Å². The van der Waals surface area contributed by atoms with Crippen LogP contribution in [0.3, 0.4) is 0 Å². The summed E-state index contributed by atoms with van der Waals surface area (Å²) in [7, 11) is 0. The summed E-state index contributed by atoms with van der Waals surface area (Å²) in [5.74, 6) is -0.0792. The van der Waals surface area contributed by atoms with Crippen molar-refractivity contribution in [3.05, 3.63) is 65.5 Å². The third-order valence-electron chi connectivity index (χ3n) is 4.40. The van der Waals surface area contributed by atoms with Crippen molar-refractivity contribution in [3.8, 4) is 6.07 Å². The molecule has 0 spiro atoms. The molecular weight excluding hydrogens is 314 g/mol. The van der Waals surface area contributed by atoms with Gasteiger partial charge in [0.15, 0.2) is 0 Å². The Morgan fingerprint density at radius 1 is 1.28 bits per heavy atom. The first-order valence-corrected chi connectivity index (χ1v) is 8.54. The lowest BCUT2D eigenvalue weighted by molar-refractivity contribution is 0.0341. The lowest BCUT2D eigenvalue weighted by Crippen LogP contribution is -2.37. The van der Waals surface area contributed by atoms with Gasteiger partial charge in [0.05, 0.1) is 12.2 Å². The quantitative estimate of drug-likeness (QED) is 0.786. The summed E-state index contributed by atoms with van der Waals surface area (Å²) in [6.45, 7) is 3.35. The minimum Gasteiger partial charge on any atom is -0.461 e. The third kappa shape index (κ3) is 4.88. The van der Waals surface area contributed by atoms with Crippen LogP contribution in [0.5, 0.6) is 0 Å². The molecule has 5 nitrogen and oxygen atoms in total. The number of aromatic nitrogens is 1. The molecule has 25 heavy (non-hydrogen) atoms. The summed E-state index contributed by atoms with van der Waals surface area (Å²) in [6, 6.07) is 15.5. The summed E-state index contributed by atoms with van der Waals surface area (Å²) in [6.07, 6.45) is 3.57. The molecule has 128 valence electrons. The van der Waals surface area contributed by atoms with E-state index in [9.17, 15) is 4.79 Å². The van der Waals surface area contributed by atoms with Crippen LogP contribution in [0.15, 0.2) is 48.7 Å². The molecule has 2 heterocycles. The van der Waals surface area contributed by atoms with E-state index in [1.165, 1.54) is 17.8 Å². The van der Waals surface area contributed by atoms with Crippen molar-refractivity contribution in [1.82, 2.24) is 9.88 Å². The number of nitrogens with zero attached hydrogens (tertiary/aromatic N) is 3. The Balaban J connectivity index is 1.49. The van der Waals surface area contributed by atoms with Crippen LogP contribution in [0.2, 0.25) is 0 Å². The van der Waals surface area contributed by atoms with Crippen molar-refractivity contribution >= 4 is 5.97 Å². The molecule has 1 saturated heterocycles. The van der Waals surface area contributed by atoms with Crippen LogP contribution in [-0.2, 0) is 11.3 Å². The number of carbonyl (C=O) groups is 1. The zero-order chi connectivity index (χ0) is 17.5. The van der Waals surface area contributed by atoms with Gasteiger partial charge in [-0.3, -0.25) is 4.90 Å². The van der Waals surface area contributed by atoms with Crippen molar-refractivity contribution in [2.75, 3.05) is 19.7 Å². The number of likely N-dealkylation sites (tertiary alicyclic amines) is 1. The van der Waals surface area contributed by atoms with Crippen LogP contribution < -0.4 is 0 Å². The van der Waals surface area contributed by atoms with Crippen molar-refractivity contribution in [2.24, 2.45) is 5.92 Å².